The van der Waals surface area contributed by atoms with Crippen molar-refractivity contribution in [3.8, 4) is 11.3 Å². The number of benzene rings is 1. The van der Waals surface area contributed by atoms with Crippen LogP contribution in [-0.2, 0) is 6.42 Å². The molecule has 6 nitrogen and oxygen atoms in total. The van der Waals surface area contributed by atoms with Gasteiger partial charge in [0.05, 0.1) is 16.8 Å². The van der Waals surface area contributed by atoms with Crippen LogP contribution in [0.1, 0.15) is 17.8 Å². The summed E-state index contributed by atoms with van der Waals surface area (Å²) < 4.78 is 0. The number of nitrogens with one attached hydrogen (secondary N) is 1. The van der Waals surface area contributed by atoms with Crippen LogP contribution in [0.4, 0.5) is 5.69 Å². The molecule has 6 heteroatoms. The van der Waals surface area contributed by atoms with Crippen molar-refractivity contribution in [2.24, 2.45) is 5.73 Å². The highest BCUT2D eigenvalue weighted by atomic mass is 16.6. The Morgan fingerprint density at radius 2 is 2.26 bits per heavy atom. The third-order valence-corrected chi connectivity index (χ3v) is 2.96. The Labute approximate surface area is 110 Å². The van der Waals surface area contributed by atoms with Gasteiger partial charge in [0.25, 0.3) is 5.69 Å². The number of aromatic nitrogens is 2. The van der Waals surface area contributed by atoms with Crippen molar-refractivity contribution in [1.82, 2.24) is 9.97 Å². The second-order valence-corrected chi connectivity index (χ2v) is 4.39. The van der Waals surface area contributed by atoms with Crippen LogP contribution in [0.15, 0.2) is 24.4 Å². The molecule has 0 aliphatic carbocycles. The normalized spacial score (nSPS) is 10.6. The van der Waals surface area contributed by atoms with Gasteiger partial charge in [-0.15, -0.1) is 0 Å². The fourth-order valence-electron chi connectivity index (χ4n) is 1.88. The van der Waals surface area contributed by atoms with E-state index in [2.05, 4.69) is 9.97 Å². The minimum absolute atomic E-state index is 0.121. The third kappa shape index (κ3) is 2.97. The Kier molecular flexibility index (Phi) is 3.91. The van der Waals surface area contributed by atoms with E-state index in [0.717, 1.165) is 29.9 Å². The summed E-state index contributed by atoms with van der Waals surface area (Å²) in [5.41, 5.74) is 7.77. The molecule has 1 aromatic carbocycles. The zero-order chi connectivity index (χ0) is 13.8. The van der Waals surface area contributed by atoms with E-state index >= 15 is 0 Å². The number of H-pyrrole nitrogens is 1. The summed E-state index contributed by atoms with van der Waals surface area (Å²) in [6, 6.07) is 5.16. The van der Waals surface area contributed by atoms with Crippen LogP contribution in [-0.4, -0.2) is 21.4 Å². The van der Waals surface area contributed by atoms with E-state index in [-0.39, 0.29) is 10.6 Å². The summed E-state index contributed by atoms with van der Waals surface area (Å²) in [5.74, 6) is 0.851. The van der Waals surface area contributed by atoms with Crippen molar-refractivity contribution in [3.05, 3.63) is 45.9 Å². The van der Waals surface area contributed by atoms with Crippen LogP contribution < -0.4 is 5.73 Å². The van der Waals surface area contributed by atoms with E-state index in [9.17, 15) is 10.1 Å². The first-order valence-corrected chi connectivity index (χ1v) is 6.11. The lowest BCUT2D eigenvalue weighted by atomic mass is 10.1. The van der Waals surface area contributed by atoms with Gasteiger partial charge in [0.1, 0.15) is 5.82 Å². The van der Waals surface area contributed by atoms with Crippen LogP contribution in [0.3, 0.4) is 0 Å². The molecule has 2 aromatic rings. The SMILES string of the molecule is Cc1ccc(-c2cnc(CCCN)[nH]2)cc1[N+](=O)[O-]. The van der Waals surface area contributed by atoms with Crippen LogP contribution in [0.5, 0.6) is 0 Å². The molecule has 1 aromatic heterocycles. The molecule has 0 unspecified atom stereocenters. The average Bonchev–Trinajstić information content (AvgIpc) is 2.85. The Balaban J connectivity index is 2.29. The zero-order valence-electron chi connectivity index (χ0n) is 10.7. The van der Waals surface area contributed by atoms with E-state index < -0.39 is 0 Å². The molecule has 0 bridgehead atoms. The Morgan fingerprint density at radius 1 is 1.47 bits per heavy atom. The van der Waals surface area contributed by atoms with Gasteiger partial charge in [0.15, 0.2) is 0 Å². The Hall–Kier alpha value is -2.21. The first kappa shape index (κ1) is 13.2. The van der Waals surface area contributed by atoms with Gasteiger partial charge in [0, 0.05) is 23.6 Å². The molecule has 0 aliphatic heterocycles. The van der Waals surface area contributed by atoms with Gasteiger partial charge in [-0.2, -0.15) is 0 Å². The molecule has 100 valence electrons. The summed E-state index contributed by atoms with van der Waals surface area (Å²) in [5, 5.41) is 10.9. The van der Waals surface area contributed by atoms with Crippen LogP contribution in [0.25, 0.3) is 11.3 Å². The maximum atomic E-state index is 10.9. The minimum Gasteiger partial charge on any atom is -0.342 e. The van der Waals surface area contributed by atoms with Gasteiger partial charge in [-0.25, -0.2) is 4.98 Å². The summed E-state index contributed by atoms with van der Waals surface area (Å²) in [7, 11) is 0. The van der Waals surface area contributed by atoms with Gasteiger partial charge in [-0.1, -0.05) is 12.1 Å². The maximum Gasteiger partial charge on any atom is 0.272 e. The fourth-order valence-corrected chi connectivity index (χ4v) is 1.88. The van der Waals surface area contributed by atoms with Crippen molar-refractivity contribution < 1.29 is 4.92 Å². The third-order valence-electron chi connectivity index (χ3n) is 2.96. The van der Waals surface area contributed by atoms with Crippen LogP contribution >= 0.6 is 0 Å². The molecular weight excluding hydrogens is 244 g/mol. The zero-order valence-corrected chi connectivity index (χ0v) is 10.7. The maximum absolute atomic E-state index is 10.9. The summed E-state index contributed by atoms with van der Waals surface area (Å²) in [4.78, 5) is 18.0. The van der Waals surface area contributed by atoms with E-state index in [4.69, 9.17) is 5.73 Å². The predicted molar refractivity (Wildman–Crippen MR) is 72.8 cm³/mol. The lowest BCUT2D eigenvalue weighted by Gasteiger charge is -2.01. The number of nitrogens with two attached hydrogens (primary N) is 1. The molecule has 0 radical (unpaired) electrons. The van der Waals surface area contributed by atoms with Gasteiger partial charge >= 0.3 is 0 Å². The molecule has 0 spiro atoms. The van der Waals surface area contributed by atoms with Crippen molar-refractivity contribution in [1.29, 1.82) is 0 Å². The number of nitrogens with zero attached hydrogens (tertiary/aromatic N) is 2. The lowest BCUT2D eigenvalue weighted by molar-refractivity contribution is -0.385. The molecule has 0 fully saturated rings. The van der Waals surface area contributed by atoms with Crippen LogP contribution in [0, 0.1) is 17.0 Å². The quantitative estimate of drug-likeness (QED) is 0.636. The first-order valence-electron chi connectivity index (χ1n) is 6.11. The second-order valence-electron chi connectivity index (χ2n) is 4.39. The minimum atomic E-state index is -0.371. The predicted octanol–water partition coefficient (Wildman–Crippen LogP) is 2.18. The molecule has 0 saturated carbocycles. The fraction of sp³-hybridized carbons (Fsp3) is 0.308. The topological polar surface area (TPSA) is 97.8 Å². The molecule has 0 atom stereocenters. The number of nitro benzene ring substituents is 1. The summed E-state index contributed by atoms with van der Waals surface area (Å²) in [6.45, 7) is 2.34. The van der Waals surface area contributed by atoms with Crippen molar-refractivity contribution in [3.63, 3.8) is 0 Å². The smallest absolute Gasteiger partial charge is 0.272 e. The average molecular weight is 260 g/mol. The van der Waals surface area contributed by atoms with E-state index in [0.29, 0.717) is 12.1 Å². The number of imidazole rings is 1. The van der Waals surface area contributed by atoms with E-state index in [1.165, 1.54) is 0 Å². The Bertz CT molecular complexity index is 592. The van der Waals surface area contributed by atoms with Gasteiger partial charge in [0.2, 0.25) is 0 Å². The molecule has 0 amide bonds. The number of rotatable bonds is 5. The number of hydrogen-bond donors (Lipinski definition) is 2. The van der Waals surface area contributed by atoms with Crippen molar-refractivity contribution >= 4 is 5.69 Å². The van der Waals surface area contributed by atoms with E-state index in [1.807, 2.05) is 6.07 Å². The van der Waals surface area contributed by atoms with Crippen molar-refractivity contribution in [2.45, 2.75) is 19.8 Å². The highest BCUT2D eigenvalue weighted by Gasteiger charge is 2.13. The van der Waals surface area contributed by atoms with Gasteiger partial charge in [-0.05, 0) is 19.9 Å². The first-order chi connectivity index (χ1) is 9.11. The molecule has 0 aliphatic rings. The van der Waals surface area contributed by atoms with Crippen LogP contribution in [0.2, 0.25) is 0 Å². The monoisotopic (exact) mass is 260 g/mol. The number of aryl methyl sites for hydroxylation is 2. The molecule has 2 rings (SSSR count). The highest BCUT2D eigenvalue weighted by molar-refractivity contribution is 5.63. The van der Waals surface area contributed by atoms with Crippen molar-refractivity contribution in [2.75, 3.05) is 6.54 Å². The second kappa shape index (κ2) is 5.62. The summed E-state index contributed by atoms with van der Waals surface area (Å²) in [6.07, 6.45) is 3.34. The van der Waals surface area contributed by atoms with Gasteiger partial charge in [-0.3, -0.25) is 10.1 Å². The van der Waals surface area contributed by atoms with Gasteiger partial charge < -0.3 is 10.7 Å². The molecule has 0 saturated heterocycles. The van der Waals surface area contributed by atoms with E-state index in [1.54, 1.807) is 25.3 Å². The molecule has 3 N–H and O–H groups in total. The number of nitro groups is 1. The molecule has 19 heavy (non-hydrogen) atoms. The standard InChI is InChI=1S/C13H16N4O2/c1-9-4-5-10(7-12(9)17(18)19)11-8-15-13(16-11)3-2-6-14/h4-5,7-8H,2-3,6,14H2,1H3,(H,15,16). The summed E-state index contributed by atoms with van der Waals surface area (Å²) >= 11 is 0. The largest absolute Gasteiger partial charge is 0.342 e. The number of aromatic amines is 1. The molecular formula is C13H16N4O2. The number of hydrogen-bond acceptors (Lipinski definition) is 4. The Morgan fingerprint density at radius 3 is 2.95 bits per heavy atom. The highest BCUT2D eigenvalue weighted by Crippen LogP contribution is 2.25. The lowest BCUT2D eigenvalue weighted by Crippen LogP contribution is -2.01. The molecule has 1 heterocycles.